The van der Waals surface area contributed by atoms with E-state index in [2.05, 4.69) is 26.6 Å². The Bertz CT molecular complexity index is 1680. The molecular formula is C40H52N6O7. The van der Waals surface area contributed by atoms with Gasteiger partial charge in [-0.05, 0) is 54.0 Å². The number of primary amides is 1. The molecule has 8 N–H and O–H groups in total. The largest absolute Gasteiger partial charge is 0.508 e. The number of nitrogens with two attached hydrogens (primary N) is 1. The molecule has 0 saturated heterocycles. The van der Waals surface area contributed by atoms with Gasteiger partial charge in [0.25, 0.3) is 0 Å². The fraction of sp³-hybridized carbons (Fsp3) is 0.400. The first-order chi connectivity index (χ1) is 25.1. The van der Waals surface area contributed by atoms with E-state index in [1.807, 2.05) is 26.0 Å². The van der Waals surface area contributed by atoms with Crippen LogP contribution < -0.4 is 32.3 Å². The fourth-order valence-corrected chi connectivity index (χ4v) is 5.57. The Labute approximate surface area is 310 Å². The molecule has 0 radical (unpaired) electrons. The molecule has 0 unspecified atom stereocenters. The summed E-state index contributed by atoms with van der Waals surface area (Å²) in [6, 6.07) is 18.9. The number of hydrogen-bond donors (Lipinski definition) is 7. The Morgan fingerprint density at radius 1 is 0.566 bits per heavy atom. The van der Waals surface area contributed by atoms with Crippen LogP contribution in [0.4, 0.5) is 0 Å². The van der Waals surface area contributed by atoms with Gasteiger partial charge in [0, 0.05) is 12.8 Å². The van der Waals surface area contributed by atoms with Gasteiger partial charge in [0.05, 0.1) is 6.42 Å². The molecule has 6 amide bonds. The number of carbonyl (C=O) groups is 6. The summed E-state index contributed by atoms with van der Waals surface area (Å²) in [7, 11) is 0. The molecule has 0 aliphatic rings. The van der Waals surface area contributed by atoms with E-state index in [9.17, 15) is 33.9 Å². The summed E-state index contributed by atoms with van der Waals surface area (Å²) in [4.78, 5) is 79.6. The highest BCUT2D eigenvalue weighted by Gasteiger charge is 2.33. The molecule has 0 spiro atoms. The van der Waals surface area contributed by atoms with Crippen LogP contribution in [0.15, 0.2) is 84.9 Å². The van der Waals surface area contributed by atoms with Gasteiger partial charge in [-0.15, -0.1) is 0 Å². The van der Waals surface area contributed by atoms with Gasteiger partial charge in [-0.3, -0.25) is 28.8 Å². The normalized spacial score (nSPS) is 13.9. The van der Waals surface area contributed by atoms with Crippen LogP contribution in [0.25, 0.3) is 0 Å². The van der Waals surface area contributed by atoms with Gasteiger partial charge in [0.2, 0.25) is 35.4 Å². The first-order valence-electron chi connectivity index (χ1n) is 17.8. The number of nitrogens with one attached hydrogen (secondary N) is 5. The summed E-state index contributed by atoms with van der Waals surface area (Å²) >= 11 is 0. The lowest BCUT2D eigenvalue weighted by molar-refractivity contribution is -0.135. The summed E-state index contributed by atoms with van der Waals surface area (Å²) < 4.78 is 0. The van der Waals surface area contributed by atoms with Crippen LogP contribution in [0, 0.1) is 11.8 Å². The minimum atomic E-state index is -1.17. The zero-order chi connectivity index (χ0) is 39.1. The quantitative estimate of drug-likeness (QED) is 0.0977. The average Bonchev–Trinajstić information content (AvgIpc) is 3.10. The van der Waals surface area contributed by atoms with Gasteiger partial charge >= 0.3 is 0 Å². The lowest BCUT2D eigenvalue weighted by Gasteiger charge is -2.29. The number of amides is 6. The van der Waals surface area contributed by atoms with Crippen LogP contribution in [-0.2, 0) is 48.0 Å². The Morgan fingerprint density at radius 3 is 1.51 bits per heavy atom. The maximum Gasteiger partial charge on any atom is 0.243 e. The average molecular weight is 729 g/mol. The minimum Gasteiger partial charge on any atom is -0.508 e. The van der Waals surface area contributed by atoms with Gasteiger partial charge < -0.3 is 37.4 Å². The highest BCUT2D eigenvalue weighted by Crippen LogP contribution is 2.13. The second-order valence-electron chi connectivity index (χ2n) is 14.0. The third-order valence-corrected chi connectivity index (χ3v) is 8.52. The number of phenolic OH excluding ortho intramolecular Hbond substituents is 1. The van der Waals surface area contributed by atoms with E-state index in [-0.39, 0.29) is 30.9 Å². The molecule has 3 aromatic carbocycles. The van der Waals surface area contributed by atoms with Crippen molar-refractivity contribution in [2.24, 2.45) is 17.6 Å². The van der Waals surface area contributed by atoms with Crippen molar-refractivity contribution in [1.29, 1.82) is 0 Å². The van der Waals surface area contributed by atoms with Gasteiger partial charge in [-0.1, -0.05) is 100 Å². The predicted octanol–water partition coefficient (Wildman–Crippen LogP) is 2.05. The maximum absolute atomic E-state index is 14.0. The summed E-state index contributed by atoms with van der Waals surface area (Å²) in [6.45, 7) is 8.75. The lowest BCUT2D eigenvalue weighted by Crippen LogP contribution is -2.60. The van der Waals surface area contributed by atoms with Crippen molar-refractivity contribution >= 4 is 35.4 Å². The van der Waals surface area contributed by atoms with Gasteiger partial charge in [-0.25, -0.2) is 0 Å². The number of phenols is 1. The van der Waals surface area contributed by atoms with Crippen molar-refractivity contribution in [2.75, 3.05) is 0 Å². The van der Waals surface area contributed by atoms with E-state index in [0.717, 1.165) is 11.1 Å². The van der Waals surface area contributed by atoms with E-state index in [0.29, 0.717) is 12.0 Å². The highest BCUT2D eigenvalue weighted by molar-refractivity contribution is 5.96. The number of rotatable bonds is 19. The number of carbonyl (C=O) groups excluding carboxylic acids is 6. The third kappa shape index (κ3) is 14.1. The summed E-state index contributed by atoms with van der Waals surface area (Å²) in [5, 5.41) is 23.2. The molecule has 13 heteroatoms. The molecule has 3 rings (SSSR count). The van der Waals surface area contributed by atoms with Crippen LogP contribution in [0.2, 0.25) is 0 Å². The molecule has 0 aliphatic carbocycles. The van der Waals surface area contributed by atoms with Crippen molar-refractivity contribution in [1.82, 2.24) is 26.6 Å². The van der Waals surface area contributed by atoms with Crippen molar-refractivity contribution in [2.45, 2.75) is 90.5 Å². The third-order valence-electron chi connectivity index (χ3n) is 8.52. The topological polar surface area (TPSA) is 209 Å². The zero-order valence-electron chi connectivity index (χ0n) is 30.9. The monoisotopic (exact) mass is 728 g/mol. The molecule has 0 saturated carbocycles. The molecule has 0 aromatic heterocycles. The zero-order valence-corrected chi connectivity index (χ0v) is 30.9. The Hall–Kier alpha value is -5.72. The molecule has 13 nitrogen and oxygen atoms in total. The van der Waals surface area contributed by atoms with Gasteiger partial charge in [-0.2, -0.15) is 0 Å². The molecule has 0 aliphatic heterocycles. The highest BCUT2D eigenvalue weighted by atomic mass is 16.3. The van der Waals surface area contributed by atoms with E-state index in [1.165, 1.54) is 19.1 Å². The molecule has 284 valence electrons. The first kappa shape index (κ1) is 41.7. The van der Waals surface area contributed by atoms with Crippen molar-refractivity contribution < 1.29 is 33.9 Å². The van der Waals surface area contributed by atoms with Crippen molar-refractivity contribution in [3.63, 3.8) is 0 Å². The van der Waals surface area contributed by atoms with Crippen LogP contribution in [0.3, 0.4) is 0 Å². The number of hydrogen-bond acceptors (Lipinski definition) is 7. The molecule has 0 bridgehead atoms. The lowest BCUT2D eigenvalue weighted by atomic mass is 9.98. The molecular weight excluding hydrogens is 676 g/mol. The molecule has 3 aromatic rings. The fourth-order valence-electron chi connectivity index (χ4n) is 5.57. The first-order valence-corrected chi connectivity index (χ1v) is 17.8. The maximum atomic E-state index is 14.0. The SMILES string of the molecule is CC(C)C[C@@H](NC(=O)Cc1ccc(O)cc1)C(=O)N[C@@H](C(=O)N[C@H](Cc1ccccc1)C(=O)N[C@H](Cc1ccccc1)C(=O)N[C@H](C)C(N)=O)C(C)C. The Morgan fingerprint density at radius 2 is 1.04 bits per heavy atom. The standard InChI is InChI=1S/C40H52N6O7/c1-24(2)20-31(43-34(48)23-29-16-18-30(47)19-17-29)39(52)46-35(25(3)4)40(53)45-33(22-28-14-10-7-11-15-28)38(51)44-32(21-27-12-8-6-9-13-27)37(50)42-26(5)36(41)49/h6-19,24-26,31-33,35,47H,20-23H2,1-5H3,(H2,41,49)(H,42,50)(H,43,48)(H,44,51)(H,45,53)(H,46,52)/t26-,31-,32-,33-,35-/m1/s1. The number of benzene rings is 3. The summed E-state index contributed by atoms with van der Waals surface area (Å²) in [5.41, 5.74) is 7.50. The number of aromatic hydroxyl groups is 1. The van der Waals surface area contributed by atoms with E-state index >= 15 is 0 Å². The molecule has 0 heterocycles. The molecule has 0 fully saturated rings. The molecule has 5 atom stereocenters. The predicted molar refractivity (Wildman–Crippen MR) is 201 cm³/mol. The second kappa shape index (κ2) is 20.4. The van der Waals surface area contributed by atoms with Gasteiger partial charge in [0.15, 0.2) is 0 Å². The van der Waals surface area contributed by atoms with Gasteiger partial charge in [0.1, 0.15) is 36.0 Å². The van der Waals surface area contributed by atoms with Crippen molar-refractivity contribution in [3.8, 4) is 5.75 Å². The van der Waals surface area contributed by atoms with Crippen LogP contribution in [0.5, 0.6) is 5.75 Å². The Kier molecular flexibility index (Phi) is 16.0. The molecule has 53 heavy (non-hydrogen) atoms. The van der Waals surface area contributed by atoms with E-state index in [4.69, 9.17) is 5.73 Å². The smallest absolute Gasteiger partial charge is 0.243 e. The van der Waals surface area contributed by atoms with Crippen molar-refractivity contribution in [3.05, 3.63) is 102 Å². The van der Waals surface area contributed by atoms with E-state index < -0.39 is 71.6 Å². The summed E-state index contributed by atoms with van der Waals surface area (Å²) in [6.07, 6.45) is 0.448. The van der Waals surface area contributed by atoms with Crippen LogP contribution in [-0.4, -0.2) is 70.8 Å². The second-order valence-corrected chi connectivity index (χ2v) is 14.0. The summed E-state index contributed by atoms with van der Waals surface area (Å²) in [5.74, 6) is -3.94. The minimum absolute atomic E-state index is 0.0166. The Balaban J connectivity index is 1.82. The van der Waals surface area contributed by atoms with Crippen LogP contribution >= 0.6 is 0 Å². The van der Waals surface area contributed by atoms with Crippen LogP contribution in [0.1, 0.15) is 57.7 Å². The van der Waals surface area contributed by atoms with E-state index in [1.54, 1.807) is 74.5 Å².